The summed E-state index contributed by atoms with van der Waals surface area (Å²) in [5, 5.41) is 56.9. The molecule has 0 aromatic carbocycles. The van der Waals surface area contributed by atoms with Gasteiger partial charge in [0, 0.05) is 6.42 Å². The summed E-state index contributed by atoms with van der Waals surface area (Å²) in [7, 11) is 0. The van der Waals surface area contributed by atoms with Crippen molar-refractivity contribution in [3.63, 3.8) is 0 Å². The Morgan fingerprint density at radius 1 is 0.535 bits per heavy atom. The van der Waals surface area contributed by atoms with Gasteiger partial charge in [0.2, 0.25) is 5.91 Å². The molecule has 1 aliphatic heterocycles. The number of aliphatic hydroxyl groups excluding tert-OH is 5. The van der Waals surface area contributed by atoms with Crippen LogP contribution in [0.2, 0.25) is 0 Å². The Hall–Kier alpha value is -1.60. The van der Waals surface area contributed by atoms with Crippen LogP contribution in [0.1, 0.15) is 297 Å². The highest BCUT2D eigenvalue weighted by molar-refractivity contribution is 5.80. The van der Waals surface area contributed by atoms with Crippen molar-refractivity contribution in [1.29, 1.82) is 0 Å². The van der Waals surface area contributed by atoms with Crippen LogP contribution in [0.4, 0.5) is 0 Å². The van der Waals surface area contributed by atoms with E-state index in [0.717, 1.165) is 57.8 Å². The quantitative estimate of drug-likeness (QED) is 0.0195. The second kappa shape index (κ2) is 49.3. The summed E-state index contributed by atoms with van der Waals surface area (Å²) in [5.41, 5.74) is 0. The molecule has 0 spiro atoms. The lowest BCUT2D eigenvalue weighted by Gasteiger charge is -2.41. The maximum Gasteiger partial charge on any atom is 0.306 e. The van der Waals surface area contributed by atoms with Crippen molar-refractivity contribution in [3.05, 3.63) is 12.2 Å². The van der Waals surface area contributed by atoms with E-state index in [1.54, 1.807) is 6.08 Å². The highest BCUT2D eigenvalue weighted by Gasteiger charge is 2.47. The fraction of sp³-hybridized carbons (Fsp3) is 0.933. The Morgan fingerprint density at radius 2 is 0.915 bits per heavy atom. The number of allylic oxidation sites excluding steroid dienone is 1. The molecule has 0 aromatic heterocycles. The van der Waals surface area contributed by atoms with Crippen molar-refractivity contribution in [3.8, 4) is 0 Å². The van der Waals surface area contributed by atoms with Gasteiger partial charge in [-0.2, -0.15) is 0 Å². The van der Waals surface area contributed by atoms with E-state index in [2.05, 4.69) is 26.1 Å². The molecule has 8 unspecified atom stereocenters. The lowest BCUT2D eigenvalue weighted by Crippen LogP contribution is -2.61. The summed E-state index contributed by atoms with van der Waals surface area (Å²) in [4.78, 5) is 26.5. The first-order chi connectivity index (χ1) is 34.7. The van der Waals surface area contributed by atoms with Gasteiger partial charge in [-0.05, 0) is 25.7 Å². The molecule has 71 heavy (non-hydrogen) atoms. The van der Waals surface area contributed by atoms with E-state index in [-0.39, 0.29) is 13.0 Å². The van der Waals surface area contributed by atoms with Crippen LogP contribution in [0.25, 0.3) is 0 Å². The standard InChI is InChI=1S/C60H115NO10/c1-4-7-10-13-16-19-22-24-25-26-27-28-30-32-35-38-41-44-47-53(64)59(68)61-51(52(63)46-43-40-37-34-31-21-18-15-12-9-6-3)50-69-60-58(57(67)56(66)54(49-62)70-60)71-55(65)48-45-42-39-36-33-29-23-20-17-14-11-8-5-2/h43,46,51-54,56-58,60,62-64,66-67H,4-42,44-45,47-50H2,1-3H3,(H,61,68)/b46-43+. The van der Waals surface area contributed by atoms with Gasteiger partial charge in [0.25, 0.3) is 0 Å². The summed E-state index contributed by atoms with van der Waals surface area (Å²) >= 11 is 0. The van der Waals surface area contributed by atoms with Crippen molar-refractivity contribution >= 4 is 11.9 Å². The first kappa shape index (κ1) is 67.4. The topological polar surface area (TPSA) is 175 Å². The van der Waals surface area contributed by atoms with Gasteiger partial charge in [0.1, 0.15) is 24.4 Å². The van der Waals surface area contributed by atoms with E-state index in [9.17, 15) is 35.1 Å². The smallest absolute Gasteiger partial charge is 0.306 e. The lowest BCUT2D eigenvalue weighted by atomic mass is 9.99. The molecule has 8 atom stereocenters. The van der Waals surface area contributed by atoms with Crippen LogP contribution in [-0.2, 0) is 23.8 Å². The first-order valence-corrected chi connectivity index (χ1v) is 30.5. The maximum atomic E-state index is 13.4. The van der Waals surface area contributed by atoms with Crippen molar-refractivity contribution in [2.45, 2.75) is 346 Å². The van der Waals surface area contributed by atoms with Gasteiger partial charge < -0.3 is 45.1 Å². The Labute approximate surface area is 436 Å². The van der Waals surface area contributed by atoms with Crippen molar-refractivity contribution < 1.29 is 49.3 Å². The number of esters is 1. The third kappa shape index (κ3) is 37.7. The molecular weight excluding hydrogens is 895 g/mol. The third-order valence-corrected chi connectivity index (χ3v) is 14.7. The predicted octanol–water partition coefficient (Wildman–Crippen LogP) is 14.0. The minimum absolute atomic E-state index is 0.131. The van der Waals surface area contributed by atoms with Gasteiger partial charge in [-0.3, -0.25) is 9.59 Å². The number of nitrogens with one attached hydrogen (secondary N) is 1. The molecular formula is C60H115NO10. The summed E-state index contributed by atoms with van der Waals surface area (Å²) in [6.07, 6.45) is 44.0. The summed E-state index contributed by atoms with van der Waals surface area (Å²) < 4.78 is 17.6. The fourth-order valence-electron chi connectivity index (χ4n) is 9.83. The van der Waals surface area contributed by atoms with E-state index in [1.807, 2.05) is 6.08 Å². The molecule has 6 N–H and O–H groups in total. The molecule has 1 amide bonds. The van der Waals surface area contributed by atoms with Gasteiger partial charge >= 0.3 is 5.97 Å². The average Bonchev–Trinajstić information content (AvgIpc) is 3.37. The van der Waals surface area contributed by atoms with Crippen LogP contribution in [0.15, 0.2) is 12.2 Å². The third-order valence-electron chi connectivity index (χ3n) is 14.7. The molecule has 1 aliphatic rings. The largest absolute Gasteiger partial charge is 0.454 e. The fourth-order valence-corrected chi connectivity index (χ4v) is 9.83. The average molecular weight is 1010 g/mol. The summed E-state index contributed by atoms with van der Waals surface area (Å²) in [6, 6.07) is -1.01. The zero-order valence-corrected chi connectivity index (χ0v) is 46.4. The van der Waals surface area contributed by atoms with Crippen LogP contribution >= 0.6 is 0 Å². The van der Waals surface area contributed by atoms with Crippen molar-refractivity contribution in [2.24, 2.45) is 0 Å². The predicted molar refractivity (Wildman–Crippen MR) is 292 cm³/mol. The molecule has 0 saturated carbocycles. The van der Waals surface area contributed by atoms with Crippen LogP contribution in [0.3, 0.4) is 0 Å². The zero-order chi connectivity index (χ0) is 51.8. The van der Waals surface area contributed by atoms with E-state index < -0.39 is 67.4 Å². The van der Waals surface area contributed by atoms with Gasteiger partial charge in [0.15, 0.2) is 12.4 Å². The molecule has 1 fully saturated rings. The Bertz CT molecular complexity index is 1210. The first-order valence-electron chi connectivity index (χ1n) is 30.5. The number of aliphatic hydroxyl groups is 5. The van der Waals surface area contributed by atoms with Crippen LogP contribution < -0.4 is 5.32 Å². The molecule has 1 saturated heterocycles. The molecule has 1 rings (SSSR count). The summed E-state index contributed by atoms with van der Waals surface area (Å²) in [5.74, 6) is -1.18. The molecule has 0 bridgehead atoms. The number of amides is 1. The SMILES string of the molecule is CCCCCCCCCCC/C=C/C(O)C(COC1OC(CO)C(O)C(O)C1OC(=O)CCCCCCCCCCCCCCC)NC(=O)C(O)CCCCCCCCCCCCCCCCCCCC. The van der Waals surface area contributed by atoms with Gasteiger partial charge in [0.05, 0.1) is 25.4 Å². The number of hydrogen-bond donors (Lipinski definition) is 6. The monoisotopic (exact) mass is 1010 g/mol. The molecule has 0 aromatic rings. The van der Waals surface area contributed by atoms with Gasteiger partial charge in [-0.15, -0.1) is 0 Å². The minimum atomic E-state index is -1.60. The number of ether oxygens (including phenoxy) is 3. The zero-order valence-electron chi connectivity index (χ0n) is 46.4. The van der Waals surface area contributed by atoms with E-state index in [0.29, 0.717) is 19.3 Å². The summed E-state index contributed by atoms with van der Waals surface area (Å²) in [6.45, 7) is 5.80. The second-order valence-electron chi connectivity index (χ2n) is 21.5. The second-order valence-corrected chi connectivity index (χ2v) is 21.5. The number of hydrogen-bond acceptors (Lipinski definition) is 10. The molecule has 0 aliphatic carbocycles. The van der Waals surface area contributed by atoms with Crippen LogP contribution in [-0.4, -0.2) is 99.6 Å². The lowest BCUT2D eigenvalue weighted by molar-refractivity contribution is -0.305. The molecule has 1 heterocycles. The molecule has 11 heteroatoms. The van der Waals surface area contributed by atoms with Gasteiger partial charge in [-0.25, -0.2) is 0 Å². The van der Waals surface area contributed by atoms with Crippen molar-refractivity contribution in [1.82, 2.24) is 5.32 Å². The number of unbranched alkanes of at least 4 members (excludes halogenated alkanes) is 38. The molecule has 420 valence electrons. The van der Waals surface area contributed by atoms with Crippen LogP contribution in [0.5, 0.6) is 0 Å². The number of rotatable bonds is 52. The normalized spacial score (nSPS) is 19.6. The van der Waals surface area contributed by atoms with Gasteiger partial charge in [-0.1, -0.05) is 277 Å². The number of carbonyl (C=O) groups excluding carboxylic acids is 2. The van der Waals surface area contributed by atoms with E-state index in [1.165, 1.54) is 193 Å². The van der Waals surface area contributed by atoms with E-state index in [4.69, 9.17) is 14.2 Å². The highest BCUT2D eigenvalue weighted by atomic mass is 16.7. The Morgan fingerprint density at radius 3 is 1.32 bits per heavy atom. The highest BCUT2D eigenvalue weighted by Crippen LogP contribution is 2.26. The Balaban J connectivity index is 2.66. The Kier molecular flexibility index (Phi) is 46.8. The maximum absolute atomic E-state index is 13.4. The number of carbonyl (C=O) groups is 2. The molecule has 0 radical (unpaired) electrons. The van der Waals surface area contributed by atoms with E-state index >= 15 is 0 Å². The van der Waals surface area contributed by atoms with Crippen LogP contribution in [0, 0.1) is 0 Å². The molecule has 11 nitrogen and oxygen atoms in total. The van der Waals surface area contributed by atoms with Crippen molar-refractivity contribution in [2.75, 3.05) is 13.2 Å². The minimum Gasteiger partial charge on any atom is -0.454 e.